The maximum absolute atomic E-state index is 13.5. The highest BCUT2D eigenvalue weighted by Crippen LogP contribution is 2.46. The zero-order valence-corrected chi connectivity index (χ0v) is 19.4. The van der Waals surface area contributed by atoms with Crippen LogP contribution < -0.4 is 0 Å². The third-order valence-electron chi connectivity index (χ3n) is 7.08. The first-order chi connectivity index (χ1) is 16.0. The number of nitrogens with zero attached hydrogens (tertiary/aromatic N) is 2. The van der Waals surface area contributed by atoms with E-state index in [1.807, 2.05) is 49.4 Å². The van der Waals surface area contributed by atoms with Gasteiger partial charge < -0.3 is 4.74 Å². The van der Waals surface area contributed by atoms with Gasteiger partial charge in [-0.2, -0.15) is 0 Å². The Morgan fingerprint density at radius 3 is 2.52 bits per heavy atom. The molecule has 1 aromatic heterocycles. The van der Waals surface area contributed by atoms with Gasteiger partial charge in [0, 0.05) is 40.3 Å². The number of carbonyl (C=O) groups excluding carboxylic acids is 2. The summed E-state index contributed by atoms with van der Waals surface area (Å²) in [4.78, 5) is 36.3. The maximum atomic E-state index is 13.5. The van der Waals surface area contributed by atoms with Crippen molar-refractivity contribution < 1.29 is 14.3 Å². The topological polar surface area (TPSA) is 68.6 Å². The summed E-state index contributed by atoms with van der Waals surface area (Å²) in [6.45, 7) is 1.87. The molecule has 0 amide bonds. The van der Waals surface area contributed by atoms with E-state index in [4.69, 9.17) is 21.3 Å². The largest absolute Gasteiger partial charge is 0.462 e. The van der Waals surface area contributed by atoms with E-state index in [0.717, 1.165) is 36.9 Å². The summed E-state index contributed by atoms with van der Waals surface area (Å²) >= 11 is 6.05. The van der Waals surface area contributed by atoms with Gasteiger partial charge in [0.1, 0.15) is 12.0 Å². The lowest BCUT2D eigenvalue weighted by Gasteiger charge is -2.36. The summed E-state index contributed by atoms with van der Waals surface area (Å²) in [5.74, 6) is -1.32. The lowest BCUT2D eigenvalue weighted by molar-refractivity contribution is -0.151. The Bertz CT molecular complexity index is 1120. The number of esters is 1. The molecule has 6 heteroatoms. The normalized spacial score (nSPS) is 25.6. The Morgan fingerprint density at radius 2 is 1.82 bits per heavy atom. The highest BCUT2D eigenvalue weighted by Gasteiger charge is 2.45. The van der Waals surface area contributed by atoms with Crippen LogP contribution in [0.5, 0.6) is 0 Å². The average molecular weight is 463 g/mol. The van der Waals surface area contributed by atoms with E-state index in [1.54, 1.807) is 6.20 Å². The minimum Gasteiger partial charge on any atom is -0.462 e. The number of aromatic nitrogens is 1. The van der Waals surface area contributed by atoms with Gasteiger partial charge in [-0.25, -0.2) is 0 Å². The predicted molar refractivity (Wildman–Crippen MR) is 127 cm³/mol. The molecular weight excluding hydrogens is 436 g/mol. The summed E-state index contributed by atoms with van der Waals surface area (Å²) in [6, 6.07) is 13.3. The zero-order valence-electron chi connectivity index (χ0n) is 18.7. The molecule has 5 nitrogen and oxygen atoms in total. The predicted octanol–water partition coefficient (Wildman–Crippen LogP) is 5.80. The SMILES string of the molecule is CC1=NC2=C(C(=O)C[C@H](c3ccc(Cl)cc3)C2)[C@H](c2ccccn2)C1C(=O)OC1CCCC1. The van der Waals surface area contributed by atoms with Gasteiger partial charge >= 0.3 is 5.97 Å². The van der Waals surface area contributed by atoms with Gasteiger partial charge in [0.05, 0.1) is 5.92 Å². The van der Waals surface area contributed by atoms with Gasteiger partial charge in [-0.05, 0) is 74.8 Å². The molecule has 0 bridgehead atoms. The van der Waals surface area contributed by atoms with Gasteiger partial charge in [0.15, 0.2) is 5.78 Å². The number of Topliss-reactive ketones (excluding diaryl/α,β-unsaturated/α-hetero) is 1. The molecule has 1 unspecified atom stereocenters. The Kier molecular flexibility index (Phi) is 6.15. The van der Waals surface area contributed by atoms with Crippen LogP contribution in [-0.4, -0.2) is 28.6 Å². The van der Waals surface area contributed by atoms with Crippen molar-refractivity contribution in [2.45, 2.75) is 63.4 Å². The maximum Gasteiger partial charge on any atom is 0.315 e. The molecule has 2 aliphatic carbocycles. The fourth-order valence-corrected chi connectivity index (χ4v) is 5.58. The van der Waals surface area contributed by atoms with Crippen LogP contribution in [-0.2, 0) is 14.3 Å². The Labute approximate surface area is 198 Å². The number of aliphatic imine (C=N–C) groups is 1. The second kappa shape index (κ2) is 9.22. The first-order valence-electron chi connectivity index (χ1n) is 11.7. The summed E-state index contributed by atoms with van der Waals surface area (Å²) in [5, 5.41) is 0.672. The first-order valence-corrected chi connectivity index (χ1v) is 12.1. The van der Waals surface area contributed by atoms with Crippen molar-refractivity contribution in [2.75, 3.05) is 0 Å². The second-order valence-corrected chi connectivity index (χ2v) is 9.68. The molecule has 33 heavy (non-hydrogen) atoms. The smallest absolute Gasteiger partial charge is 0.315 e. The van der Waals surface area contributed by atoms with Crippen LogP contribution in [0.25, 0.3) is 0 Å². The van der Waals surface area contributed by atoms with Gasteiger partial charge in [-0.1, -0.05) is 29.8 Å². The molecule has 0 saturated heterocycles. The molecule has 3 atom stereocenters. The molecule has 1 aromatic carbocycles. The molecule has 0 N–H and O–H groups in total. The molecule has 2 heterocycles. The molecule has 5 rings (SSSR count). The van der Waals surface area contributed by atoms with Crippen LogP contribution in [0.15, 0.2) is 64.9 Å². The zero-order chi connectivity index (χ0) is 22.9. The van der Waals surface area contributed by atoms with E-state index < -0.39 is 11.8 Å². The van der Waals surface area contributed by atoms with Gasteiger partial charge in [0.2, 0.25) is 0 Å². The number of benzene rings is 1. The van der Waals surface area contributed by atoms with Crippen LogP contribution in [0.3, 0.4) is 0 Å². The molecule has 1 saturated carbocycles. The molecule has 2 aromatic rings. The third kappa shape index (κ3) is 4.39. The number of ketones is 1. The van der Waals surface area contributed by atoms with Crippen LogP contribution in [0.2, 0.25) is 5.02 Å². The molecule has 1 aliphatic heterocycles. The van der Waals surface area contributed by atoms with Gasteiger partial charge in [0.25, 0.3) is 0 Å². The van der Waals surface area contributed by atoms with E-state index in [9.17, 15) is 9.59 Å². The number of halogens is 1. The number of hydrogen-bond acceptors (Lipinski definition) is 5. The van der Waals surface area contributed by atoms with Crippen LogP contribution in [0, 0.1) is 5.92 Å². The van der Waals surface area contributed by atoms with E-state index in [-0.39, 0.29) is 23.8 Å². The average Bonchev–Trinajstić information content (AvgIpc) is 3.32. The lowest BCUT2D eigenvalue weighted by atomic mass is 9.70. The minimum absolute atomic E-state index is 0.0294. The number of hydrogen-bond donors (Lipinski definition) is 0. The molecule has 170 valence electrons. The summed E-state index contributed by atoms with van der Waals surface area (Å²) in [7, 11) is 0. The highest BCUT2D eigenvalue weighted by molar-refractivity contribution is 6.30. The molecule has 0 radical (unpaired) electrons. The minimum atomic E-state index is -0.629. The van der Waals surface area contributed by atoms with Crippen molar-refractivity contribution in [3.63, 3.8) is 0 Å². The van der Waals surface area contributed by atoms with Crippen molar-refractivity contribution in [3.8, 4) is 0 Å². The van der Waals surface area contributed by atoms with Crippen molar-refractivity contribution in [2.24, 2.45) is 10.9 Å². The number of rotatable bonds is 4. The van der Waals surface area contributed by atoms with E-state index in [0.29, 0.717) is 34.8 Å². The fraction of sp³-hybridized carbons (Fsp3) is 0.407. The number of ether oxygens (including phenoxy) is 1. The Balaban J connectivity index is 1.52. The van der Waals surface area contributed by atoms with E-state index >= 15 is 0 Å². The highest BCUT2D eigenvalue weighted by atomic mass is 35.5. The summed E-state index contributed by atoms with van der Waals surface area (Å²) < 4.78 is 5.90. The summed E-state index contributed by atoms with van der Waals surface area (Å²) in [6.07, 6.45) is 6.66. The number of allylic oxidation sites excluding steroid dienone is 2. The van der Waals surface area contributed by atoms with Crippen molar-refractivity contribution >= 4 is 29.1 Å². The van der Waals surface area contributed by atoms with Crippen molar-refractivity contribution in [1.29, 1.82) is 0 Å². The number of carbonyl (C=O) groups is 2. The number of pyridine rings is 1. The first kappa shape index (κ1) is 22.0. The quantitative estimate of drug-likeness (QED) is 0.539. The standard InChI is InChI=1S/C27H27ClN2O3/c1-16-24(27(32)33-20-6-2-3-7-20)26(21-8-4-5-13-29-21)25-22(30-16)14-18(15-23(25)31)17-9-11-19(28)12-10-17/h4-5,8-13,18,20,24,26H,2-3,6-7,14-15H2,1H3/t18-,24?,26-/m1/s1. The van der Waals surface area contributed by atoms with Crippen LogP contribution >= 0.6 is 11.6 Å². The van der Waals surface area contributed by atoms with E-state index in [1.165, 1.54) is 0 Å². The molecule has 3 aliphatic rings. The fourth-order valence-electron chi connectivity index (χ4n) is 5.46. The van der Waals surface area contributed by atoms with Gasteiger partial charge in [-0.3, -0.25) is 19.6 Å². The second-order valence-electron chi connectivity index (χ2n) is 9.25. The molecule has 0 spiro atoms. The van der Waals surface area contributed by atoms with Crippen molar-refractivity contribution in [1.82, 2.24) is 4.98 Å². The van der Waals surface area contributed by atoms with Crippen LogP contribution in [0.4, 0.5) is 0 Å². The monoisotopic (exact) mass is 462 g/mol. The summed E-state index contributed by atoms with van der Waals surface area (Å²) in [5.41, 5.74) is 3.87. The third-order valence-corrected chi connectivity index (χ3v) is 7.33. The van der Waals surface area contributed by atoms with E-state index in [2.05, 4.69) is 4.98 Å². The Morgan fingerprint density at radius 1 is 1.06 bits per heavy atom. The molecular formula is C27H27ClN2O3. The Hall–Kier alpha value is -2.79. The molecule has 1 fully saturated rings. The van der Waals surface area contributed by atoms with Gasteiger partial charge in [-0.15, -0.1) is 0 Å². The lowest BCUT2D eigenvalue weighted by Crippen LogP contribution is -2.39. The van der Waals surface area contributed by atoms with Crippen molar-refractivity contribution in [3.05, 3.63) is 76.2 Å². The van der Waals surface area contributed by atoms with Crippen LogP contribution in [0.1, 0.15) is 68.5 Å².